The van der Waals surface area contributed by atoms with Crippen LogP contribution in [0.5, 0.6) is 0 Å². The molecule has 0 unspecified atom stereocenters. The molecule has 0 heterocycles. The third-order valence-electron chi connectivity index (χ3n) is 0.949. The van der Waals surface area contributed by atoms with Crippen molar-refractivity contribution in [2.75, 3.05) is 0 Å². The van der Waals surface area contributed by atoms with Gasteiger partial charge in [-0.1, -0.05) is 19.2 Å². The van der Waals surface area contributed by atoms with Gasteiger partial charge in [-0.05, 0) is 18.6 Å². The lowest BCUT2D eigenvalue weighted by molar-refractivity contribution is -0.115. The molecule has 2 nitrogen and oxygen atoms in total. The van der Waals surface area contributed by atoms with E-state index in [4.69, 9.17) is 0 Å². The van der Waals surface area contributed by atoms with Crippen molar-refractivity contribution in [2.24, 2.45) is 0 Å². The lowest BCUT2D eigenvalue weighted by Gasteiger charge is -1.92. The van der Waals surface area contributed by atoms with E-state index in [1.165, 1.54) is 6.08 Å². The molecule has 0 aromatic heterocycles. The van der Waals surface area contributed by atoms with Crippen LogP contribution in [0.15, 0.2) is 37.1 Å². The second-order valence-electron chi connectivity index (χ2n) is 1.81. The molecule has 0 fully saturated rings. The van der Waals surface area contributed by atoms with Crippen molar-refractivity contribution in [3.63, 3.8) is 0 Å². The Morgan fingerprint density at radius 3 is 2.40 bits per heavy atom. The van der Waals surface area contributed by atoms with Gasteiger partial charge in [0.15, 0.2) is 0 Å². The van der Waals surface area contributed by atoms with Crippen molar-refractivity contribution in [3.05, 3.63) is 37.1 Å². The summed E-state index contributed by atoms with van der Waals surface area (Å²) >= 11 is 0. The second-order valence-corrected chi connectivity index (χ2v) is 1.81. The first-order chi connectivity index (χ1) is 4.70. The van der Waals surface area contributed by atoms with Crippen molar-refractivity contribution in [1.29, 1.82) is 0 Å². The van der Waals surface area contributed by atoms with Crippen LogP contribution >= 0.6 is 0 Å². The summed E-state index contributed by atoms with van der Waals surface area (Å²) in [6.07, 6.45) is 4.45. The molecule has 2 heteroatoms. The van der Waals surface area contributed by atoms with E-state index in [0.717, 1.165) is 5.57 Å². The molecule has 0 aliphatic rings. The first-order valence-corrected chi connectivity index (χ1v) is 2.93. The van der Waals surface area contributed by atoms with Gasteiger partial charge in [-0.15, -0.1) is 0 Å². The molecule has 0 bridgehead atoms. The number of nitrogens with one attached hydrogen (secondary N) is 1. The Morgan fingerprint density at radius 1 is 1.40 bits per heavy atom. The lowest BCUT2D eigenvalue weighted by Crippen LogP contribution is -2.13. The highest BCUT2D eigenvalue weighted by Crippen LogP contribution is 1.88. The minimum atomic E-state index is -0.207. The number of carbonyl (C=O) groups excluding carboxylic acids is 1. The van der Waals surface area contributed by atoms with E-state index in [-0.39, 0.29) is 5.91 Å². The summed E-state index contributed by atoms with van der Waals surface area (Å²) in [6.45, 7) is 8.66. The Labute approximate surface area is 60.9 Å². The van der Waals surface area contributed by atoms with Crippen LogP contribution in [0.4, 0.5) is 0 Å². The fourth-order valence-corrected chi connectivity index (χ4v) is 0.303. The molecule has 54 valence electrons. The SMILES string of the molecule is C=CC(=O)N/C=C(\C)C=C. The van der Waals surface area contributed by atoms with E-state index in [9.17, 15) is 4.79 Å². The Hall–Kier alpha value is -1.31. The molecule has 0 spiro atoms. The summed E-state index contributed by atoms with van der Waals surface area (Å²) in [6, 6.07) is 0. The molecule has 0 aliphatic heterocycles. The van der Waals surface area contributed by atoms with Crippen molar-refractivity contribution in [1.82, 2.24) is 5.32 Å². The van der Waals surface area contributed by atoms with Gasteiger partial charge in [-0.3, -0.25) is 4.79 Å². The first kappa shape index (κ1) is 8.69. The highest BCUT2D eigenvalue weighted by atomic mass is 16.1. The maximum atomic E-state index is 10.5. The minimum Gasteiger partial charge on any atom is -0.329 e. The molecule has 0 saturated carbocycles. The maximum absolute atomic E-state index is 10.5. The Kier molecular flexibility index (Phi) is 3.96. The quantitative estimate of drug-likeness (QED) is 0.462. The van der Waals surface area contributed by atoms with Crippen LogP contribution in [0.1, 0.15) is 6.92 Å². The van der Waals surface area contributed by atoms with Gasteiger partial charge in [0.25, 0.3) is 0 Å². The fourth-order valence-electron chi connectivity index (χ4n) is 0.303. The highest BCUT2D eigenvalue weighted by molar-refractivity contribution is 5.87. The van der Waals surface area contributed by atoms with Gasteiger partial charge in [0.1, 0.15) is 0 Å². The average Bonchev–Trinajstić information content (AvgIpc) is 1.99. The molecule has 0 rings (SSSR count). The summed E-state index contributed by atoms with van der Waals surface area (Å²) in [5.41, 5.74) is 0.912. The van der Waals surface area contributed by atoms with Crippen LogP contribution in [-0.4, -0.2) is 5.91 Å². The van der Waals surface area contributed by atoms with Gasteiger partial charge < -0.3 is 5.32 Å². The molecule has 1 N–H and O–H groups in total. The number of hydrogen-bond donors (Lipinski definition) is 1. The number of hydrogen-bond acceptors (Lipinski definition) is 1. The van der Waals surface area contributed by atoms with E-state index in [2.05, 4.69) is 18.5 Å². The fraction of sp³-hybridized carbons (Fsp3) is 0.125. The molecule has 10 heavy (non-hydrogen) atoms. The van der Waals surface area contributed by atoms with Crippen molar-refractivity contribution in [2.45, 2.75) is 6.92 Å². The molecular formula is C8H11NO. The Balaban J connectivity index is 3.82. The first-order valence-electron chi connectivity index (χ1n) is 2.93. The molecular weight excluding hydrogens is 126 g/mol. The van der Waals surface area contributed by atoms with Gasteiger partial charge in [-0.2, -0.15) is 0 Å². The van der Waals surface area contributed by atoms with E-state index in [0.29, 0.717) is 0 Å². The predicted molar refractivity (Wildman–Crippen MR) is 42.3 cm³/mol. The van der Waals surface area contributed by atoms with Crippen molar-refractivity contribution >= 4 is 5.91 Å². The van der Waals surface area contributed by atoms with Gasteiger partial charge in [0.05, 0.1) is 0 Å². The summed E-state index contributed by atoms with van der Waals surface area (Å²) in [4.78, 5) is 10.5. The summed E-state index contributed by atoms with van der Waals surface area (Å²) in [7, 11) is 0. The molecule has 0 aromatic rings. The third kappa shape index (κ3) is 3.66. The van der Waals surface area contributed by atoms with Crippen molar-refractivity contribution in [3.8, 4) is 0 Å². The van der Waals surface area contributed by atoms with E-state index >= 15 is 0 Å². The molecule has 0 radical (unpaired) electrons. The van der Waals surface area contributed by atoms with Gasteiger partial charge in [0.2, 0.25) is 5.91 Å². The third-order valence-corrected chi connectivity index (χ3v) is 0.949. The molecule has 0 aliphatic carbocycles. The minimum absolute atomic E-state index is 0.207. The molecule has 0 saturated heterocycles. The van der Waals surface area contributed by atoms with Crippen LogP contribution in [-0.2, 0) is 4.79 Å². The van der Waals surface area contributed by atoms with E-state index in [1.54, 1.807) is 12.3 Å². The monoisotopic (exact) mass is 137 g/mol. The summed E-state index contributed by atoms with van der Waals surface area (Å²) in [5, 5.41) is 2.49. The normalized spacial score (nSPS) is 10.3. The number of allylic oxidation sites excluding steroid dienone is 2. The van der Waals surface area contributed by atoms with E-state index in [1.807, 2.05) is 6.92 Å². The smallest absolute Gasteiger partial charge is 0.247 e. The lowest BCUT2D eigenvalue weighted by atomic mass is 10.3. The average molecular weight is 137 g/mol. The summed E-state index contributed by atoms with van der Waals surface area (Å²) in [5.74, 6) is -0.207. The standard InChI is InChI=1S/C8H11NO/c1-4-7(3)6-9-8(10)5-2/h4-6H,1-2H2,3H3,(H,9,10)/b7-6+. The maximum Gasteiger partial charge on any atom is 0.247 e. The number of rotatable bonds is 3. The second kappa shape index (κ2) is 4.56. The Bertz CT molecular complexity index is 180. The van der Waals surface area contributed by atoms with Crippen LogP contribution in [0, 0.1) is 0 Å². The zero-order valence-electron chi connectivity index (χ0n) is 6.05. The molecule has 1 amide bonds. The van der Waals surface area contributed by atoms with Gasteiger partial charge >= 0.3 is 0 Å². The zero-order chi connectivity index (χ0) is 7.98. The molecule has 0 aromatic carbocycles. The Morgan fingerprint density at radius 2 is 2.00 bits per heavy atom. The van der Waals surface area contributed by atoms with Gasteiger partial charge in [-0.25, -0.2) is 0 Å². The number of amides is 1. The zero-order valence-corrected chi connectivity index (χ0v) is 6.05. The van der Waals surface area contributed by atoms with Crippen LogP contribution in [0.3, 0.4) is 0 Å². The van der Waals surface area contributed by atoms with Crippen molar-refractivity contribution < 1.29 is 4.79 Å². The predicted octanol–water partition coefficient (Wildman–Crippen LogP) is 1.38. The molecule has 0 atom stereocenters. The van der Waals surface area contributed by atoms with E-state index < -0.39 is 0 Å². The topological polar surface area (TPSA) is 29.1 Å². The van der Waals surface area contributed by atoms with Gasteiger partial charge in [0, 0.05) is 6.20 Å². The highest BCUT2D eigenvalue weighted by Gasteiger charge is 1.86. The largest absolute Gasteiger partial charge is 0.329 e. The van der Waals surface area contributed by atoms with Crippen LogP contribution < -0.4 is 5.32 Å². The summed E-state index contributed by atoms with van der Waals surface area (Å²) < 4.78 is 0. The van der Waals surface area contributed by atoms with Crippen LogP contribution in [0.2, 0.25) is 0 Å². The van der Waals surface area contributed by atoms with Crippen LogP contribution in [0.25, 0.3) is 0 Å². The number of carbonyl (C=O) groups is 1.